The van der Waals surface area contributed by atoms with E-state index in [9.17, 15) is 0 Å². The molecule has 6 aromatic carbocycles. The summed E-state index contributed by atoms with van der Waals surface area (Å²) in [5.41, 5.74) is 6.16. The zero-order valence-electron chi connectivity index (χ0n) is 21.9. The van der Waals surface area contributed by atoms with Crippen molar-refractivity contribution in [3.8, 4) is 0 Å². The largest absolute Gasteiger partial charge is 0.345 e. The van der Waals surface area contributed by atoms with Gasteiger partial charge in [-0.25, -0.2) is 0 Å². The normalized spacial score (nSPS) is 10.8. The minimum atomic E-state index is 0. The minimum Gasteiger partial charge on any atom is -0.345 e. The van der Waals surface area contributed by atoms with Crippen LogP contribution in [0, 0.1) is 6.92 Å². The first-order valence-electron chi connectivity index (χ1n) is 12.8. The molecule has 0 saturated heterocycles. The summed E-state index contributed by atoms with van der Waals surface area (Å²) in [6.07, 6.45) is 0. The number of aromatic nitrogens is 2. The number of halogens is 1. The monoisotopic (exact) mass is 674 g/mol. The van der Waals surface area contributed by atoms with Crippen molar-refractivity contribution in [1.29, 1.82) is 0 Å². The molecule has 2 nitrogen and oxygen atoms in total. The van der Waals surface area contributed by atoms with Crippen LogP contribution in [0.3, 0.4) is 0 Å². The van der Waals surface area contributed by atoms with Gasteiger partial charge >= 0.3 is 0 Å². The summed E-state index contributed by atoms with van der Waals surface area (Å²) in [7, 11) is 4.26. The Balaban J connectivity index is 0.000000176. The Kier molecular flexibility index (Phi) is 9.04. The van der Waals surface area contributed by atoms with E-state index in [1.165, 1.54) is 65.2 Å². The van der Waals surface area contributed by atoms with Gasteiger partial charge in [0.05, 0.1) is 0 Å². The molecule has 0 aliphatic heterocycles. The van der Waals surface area contributed by atoms with Gasteiger partial charge in [0.2, 0.25) is 0 Å². The minimum absolute atomic E-state index is 0. The Morgan fingerprint density at radius 2 is 0.951 bits per heavy atom. The third kappa shape index (κ3) is 4.99. The topological polar surface area (TPSA) is 9.86 Å². The summed E-state index contributed by atoms with van der Waals surface area (Å²) in [5.74, 6) is 0. The van der Waals surface area contributed by atoms with Crippen molar-refractivity contribution < 1.29 is 32.7 Å². The quantitative estimate of drug-likeness (QED) is 0.142. The molecule has 0 saturated carbocycles. The maximum atomic E-state index is 4.06. The zero-order valence-corrected chi connectivity index (χ0v) is 26.4. The second-order valence-corrected chi connectivity index (χ2v) is 10.9. The van der Waals surface area contributed by atoms with Crippen molar-refractivity contribution in [1.82, 2.24) is 9.13 Å². The molecule has 2 aromatic heterocycles. The fourth-order valence-corrected chi connectivity index (χ4v) is 6.34. The molecule has 4 heteroatoms. The number of nitrogens with zero attached hydrogens (tertiary/aromatic N) is 2. The number of aryl methyl sites for hydroxylation is 2. The smallest absolute Gasteiger partial charge is 0.0495 e. The van der Waals surface area contributed by atoms with E-state index >= 15 is 0 Å². The predicted molar refractivity (Wildman–Crippen MR) is 181 cm³/mol. The zero-order chi connectivity index (χ0) is 26.0. The first-order valence-corrected chi connectivity index (χ1v) is 13.6. The maximum Gasteiger partial charge on any atom is 0.0495 e. The van der Waals surface area contributed by atoms with E-state index in [2.05, 4.69) is 155 Å². The van der Waals surface area contributed by atoms with Gasteiger partial charge in [-0.3, -0.25) is 0 Å². The van der Waals surface area contributed by atoms with Crippen molar-refractivity contribution in [2.45, 2.75) is 14.9 Å². The average Bonchev–Trinajstić information content (AvgIpc) is 3.39. The number of hydrogen-bond acceptors (Lipinski definition) is 0. The van der Waals surface area contributed by atoms with E-state index in [0.717, 1.165) is 10.0 Å². The van der Waals surface area contributed by atoms with E-state index in [1.54, 1.807) is 0 Å². The molecule has 203 valence electrons. The van der Waals surface area contributed by atoms with Crippen LogP contribution in [0.5, 0.6) is 0 Å². The second kappa shape index (κ2) is 12.0. The maximum absolute atomic E-state index is 4.06. The summed E-state index contributed by atoms with van der Waals surface area (Å²) in [4.78, 5) is 0. The molecule has 8 aromatic rings. The number of benzene rings is 6. The van der Waals surface area contributed by atoms with E-state index in [-0.39, 0.29) is 47.6 Å². The number of fused-ring (bicyclic) bond motifs is 10. The molecule has 8 rings (SSSR count). The van der Waals surface area contributed by atoms with Gasteiger partial charge in [-0.2, -0.15) is 24.6 Å². The van der Waals surface area contributed by atoms with Crippen molar-refractivity contribution in [3.05, 3.63) is 126 Å². The van der Waals surface area contributed by atoms with Crippen LogP contribution in [0.15, 0.2) is 114 Å². The molecule has 0 aliphatic carbocycles. The van der Waals surface area contributed by atoms with Gasteiger partial charge in [-0.1, -0.05) is 97.5 Å². The third-order valence-electron chi connectivity index (χ3n) is 7.82. The molecule has 2 heterocycles. The average molecular weight is 676 g/mol. The van der Waals surface area contributed by atoms with Crippen LogP contribution in [0.2, 0.25) is 0 Å². The summed E-state index contributed by atoms with van der Waals surface area (Å²) in [6, 6.07) is 38.9. The first-order chi connectivity index (χ1) is 18.5. The van der Waals surface area contributed by atoms with Crippen LogP contribution in [0.4, 0.5) is 0 Å². The molecule has 1 radical (unpaired) electrons. The van der Waals surface area contributed by atoms with Gasteiger partial charge in [0.25, 0.3) is 0 Å². The van der Waals surface area contributed by atoms with Gasteiger partial charge in [0.1, 0.15) is 0 Å². The van der Waals surface area contributed by atoms with E-state index in [4.69, 9.17) is 0 Å². The molecular formula is C37H34BrN2Y-. The molecule has 0 atom stereocenters. The third-order valence-corrected chi connectivity index (χ3v) is 8.31. The van der Waals surface area contributed by atoms with E-state index in [1.807, 2.05) is 0 Å². The first kappa shape index (κ1) is 30.8. The van der Waals surface area contributed by atoms with Crippen LogP contribution in [0.1, 0.15) is 20.4 Å². The molecule has 0 aliphatic rings. The van der Waals surface area contributed by atoms with Crippen molar-refractivity contribution in [3.63, 3.8) is 0 Å². The molecule has 41 heavy (non-hydrogen) atoms. The van der Waals surface area contributed by atoms with E-state index in [0.29, 0.717) is 0 Å². The molecule has 0 spiro atoms. The molecule has 0 fully saturated rings. The Bertz CT molecular complexity index is 2030. The Labute approximate surface area is 276 Å². The van der Waals surface area contributed by atoms with Crippen LogP contribution >= 0.6 is 15.9 Å². The molecule has 0 amide bonds. The van der Waals surface area contributed by atoms with Crippen molar-refractivity contribution in [2.24, 2.45) is 14.1 Å². The van der Waals surface area contributed by atoms with E-state index < -0.39 is 0 Å². The Morgan fingerprint density at radius 1 is 0.512 bits per heavy atom. The standard InChI is InChI=1S/C18H14N.C17H12BrN.2CH4.Y/c1-12-7-9-16-15(11-12)18-14-6-4-3-5-13(14)8-10-17(18)19(16)2;1-19-15-9-7-12(18)10-14(15)17-13-5-3-2-4-11(13)6-8-16(17)19;;;/h3-11H,1H2,2H3;2-10H,1H3;2*1H4;/q-1;;;;. The van der Waals surface area contributed by atoms with Crippen LogP contribution in [-0.4, -0.2) is 9.13 Å². The molecule has 0 bridgehead atoms. The molecular weight excluding hydrogens is 641 g/mol. The van der Waals surface area contributed by atoms with Gasteiger partial charge in [0.15, 0.2) is 0 Å². The summed E-state index contributed by atoms with van der Waals surface area (Å²) in [6.45, 7) is 4.06. The van der Waals surface area contributed by atoms with Gasteiger partial charge in [-0.15, -0.1) is 0 Å². The van der Waals surface area contributed by atoms with Crippen molar-refractivity contribution in [2.75, 3.05) is 0 Å². The fourth-order valence-electron chi connectivity index (χ4n) is 5.98. The molecule has 0 unspecified atom stereocenters. The van der Waals surface area contributed by atoms with Crippen LogP contribution in [-0.2, 0) is 46.8 Å². The SMILES string of the molecule is C.C.Cn1c2ccc(Br)cc2c2c3ccccc3ccc21.[CH2-]c1ccc2c(c1)c1c3ccccc3ccc1n2C.[Y]. The van der Waals surface area contributed by atoms with Crippen LogP contribution < -0.4 is 0 Å². The summed E-state index contributed by atoms with van der Waals surface area (Å²) >= 11 is 3.58. The number of hydrogen-bond donors (Lipinski definition) is 0. The second-order valence-electron chi connectivity index (χ2n) is 9.99. The molecule has 0 N–H and O–H groups in total. The summed E-state index contributed by atoms with van der Waals surface area (Å²) in [5, 5.41) is 10.5. The fraction of sp³-hybridized carbons (Fsp3) is 0.108. The Hall–Kier alpha value is -3.11. The van der Waals surface area contributed by atoms with Gasteiger partial charge in [0, 0.05) is 89.5 Å². The van der Waals surface area contributed by atoms with Gasteiger partial charge < -0.3 is 9.13 Å². The number of rotatable bonds is 0. The van der Waals surface area contributed by atoms with Crippen LogP contribution in [0.25, 0.3) is 65.2 Å². The Morgan fingerprint density at radius 3 is 1.49 bits per heavy atom. The predicted octanol–water partition coefficient (Wildman–Crippen LogP) is 11.2. The van der Waals surface area contributed by atoms with Crippen molar-refractivity contribution >= 4 is 81.1 Å². The van der Waals surface area contributed by atoms with Gasteiger partial charge in [-0.05, 0) is 57.3 Å². The summed E-state index contributed by atoms with van der Waals surface area (Å²) < 4.78 is 5.65.